The molecule has 1 aromatic heterocycles. The number of pyridine rings is 1. The second kappa shape index (κ2) is 7.60. The third kappa shape index (κ3) is 4.76. The summed E-state index contributed by atoms with van der Waals surface area (Å²) >= 11 is 0. The van der Waals surface area contributed by atoms with E-state index in [4.69, 9.17) is 0 Å². The van der Waals surface area contributed by atoms with Crippen LogP contribution < -0.4 is 5.32 Å². The molecule has 0 spiro atoms. The standard InChI is InChI=1S/C16H28N4/c1-4-17-16-6-5-15(11-18-16)13-20-9-7-19(8-10-20)12-14(2)3/h5-6,11,14H,4,7-10,12-13H2,1-3H3,(H,17,18). The topological polar surface area (TPSA) is 31.4 Å². The fourth-order valence-corrected chi connectivity index (χ4v) is 2.71. The van der Waals surface area contributed by atoms with Gasteiger partial charge in [-0.1, -0.05) is 19.9 Å². The average molecular weight is 276 g/mol. The Kier molecular flexibility index (Phi) is 5.80. The van der Waals surface area contributed by atoms with Gasteiger partial charge in [-0.05, 0) is 24.5 Å². The molecular weight excluding hydrogens is 248 g/mol. The van der Waals surface area contributed by atoms with Crippen LogP contribution in [0.15, 0.2) is 18.3 Å². The molecule has 1 aromatic rings. The van der Waals surface area contributed by atoms with E-state index in [1.54, 1.807) is 0 Å². The molecule has 20 heavy (non-hydrogen) atoms. The zero-order valence-electron chi connectivity index (χ0n) is 13.1. The minimum atomic E-state index is 0.768. The van der Waals surface area contributed by atoms with Crippen LogP contribution in [0.5, 0.6) is 0 Å². The van der Waals surface area contributed by atoms with Crippen LogP contribution in [-0.2, 0) is 6.54 Å². The highest BCUT2D eigenvalue weighted by atomic mass is 15.3. The summed E-state index contributed by atoms with van der Waals surface area (Å²) in [6, 6.07) is 4.26. The maximum atomic E-state index is 4.44. The first-order chi connectivity index (χ1) is 9.67. The smallest absolute Gasteiger partial charge is 0.125 e. The Balaban J connectivity index is 1.77. The van der Waals surface area contributed by atoms with E-state index in [1.807, 2.05) is 6.20 Å². The third-order valence-electron chi connectivity index (χ3n) is 3.68. The highest BCUT2D eigenvalue weighted by Crippen LogP contribution is 2.11. The first-order valence-electron chi connectivity index (χ1n) is 7.81. The highest BCUT2D eigenvalue weighted by Gasteiger charge is 2.17. The molecule has 4 heteroatoms. The Bertz CT molecular complexity index is 380. The van der Waals surface area contributed by atoms with Crippen molar-refractivity contribution in [3.8, 4) is 0 Å². The Labute approximate surface area is 123 Å². The van der Waals surface area contributed by atoms with Crippen LogP contribution in [0.1, 0.15) is 26.3 Å². The lowest BCUT2D eigenvalue weighted by atomic mass is 10.2. The van der Waals surface area contributed by atoms with Crippen molar-refractivity contribution in [2.45, 2.75) is 27.3 Å². The molecule has 0 radical (unpaired) electrons. The lowest BCUT2D eigenvalue weighted by molar-refractivity contribution is 0.117. The molecule has 1 N–H and O–H groups in total. The van der Waals surface area contributed by atoms with Gasteiger partial charge < -0.3 is 10.2 Å². The molecule has 1 aliphatic heterocycles. The molecule has 112 valence electrons. The van der Waals surface area contributed by atoms with E-state index in [2.05, 4.69) is 53.0 Å². The maximum Gasteiger partial charge on any atom is 0.125 e. The number of nitrogens with one attached hydrogen (secondary N) is 1. The van der Waals surface area contributed by atoms with Crippen molar-refractivity contribution in [2.75, 3.05) is 44.6 Å². The molecule has 0 aliphatic carbocycles. The number of anilines is 1. The lowest BCUT2D eigenvalue weighted by Crippen LogP contribution is -2.46. The van der Waals surface area contributed by atoms with E-state index in [1.165, 1.54) is 38.3 Å². The van der Waals surface area contributed by atoms with Crippen molar-refractivity contribution in [2.24, 2.45) is 5.92 Å². The SMILES string of the molecule is CCNc1ccc(CN2CCN(CC(C)C)CC2)cn1. The first-order valence-corrected chi connectivity index (χ1v) is 7.81. The molecule has 2 rings (SSSR count). The Morgan fingerprint density at radius 1 is 1.15 bits per heavy atom. The minimum Gasteiger partial charge on any atom is -0.370 e. The molecule has 0 unspecified atom stereocenters. The van der Waals surface area contributed by atoms with E-state index in [-0.39, 0.29) is 0 Å². The molecule has 4 nitrogen and oxygen atoms in total. The molecule has 1 fully saturated rings. The zero-order valence-corrected chi connectivity index (χ0v) is 13.1. The van der Waals surface area contributed by atoms with Gasteiger partial charge in [0.15, 0.2) is 0 Å². The summed E-state index contributed by atoms with van der Waals surface area (Å²) in [7, 11) is 0. The van der Waals surface area contributed by atoms with Crippen LogP contribution >= 0.6 is 0 Å². The van der Waals surface area contributed by atoms with Crippen molar-refractivity contribution in [3.05, 3.63) is 23.9 Å². The average Bonchev–Trinajstić information content (AvgIpc) is 2.43. The minimum absolute atomic E-state index is 0.768. The number of rotatable bonds is 6. The largest absolute Gasteiger partial charge is 0.370 e. The fraction of sp³-hybridized carbons (Fsp3) is 0.688. The Morgan fingerprint density at radius 2 is 1.85 bits per heavy atom. The predicted molar refractivity (Wildman–Crippen MR) is 85.0 cm³/mol. The summed E-state index contributed by atoms with van der Waals surface area (Å²) in [6.45, 7) is 14.6. The summed E-state index contributed by atoms with van der Waals surface area (Å²) in [6.07, 6.45) is 2.00. The number of aromatic nitrogens is 1. The van der Waals surface area contributed by atoms with E-state index in [0.717, 1.165) is 24.8 Å². The van der Waals surface area contributed by atoms with Crippen molar-refractivity contribution in [3.63, 3.8) is 0 Å². The number of hydrogen-bond donors (Lipinski definition) is 1. The van der Waals surface area contributed by atoms with Gasteiger partial charge in [0.05, 0.1) is 0 Å². The molecule has 0 atom stereocenters. The summed E-state index contributed by atoms with van der Waals surface area (Å²) in [5.41, 5.74) is 1.31. The van der Waals surface area contributed by atoms with Crippen LogP contribution in [0.2, 0.25) is 0 Å². The number of piperazine rings is 1. The lowest BCUT2D eigenvalue weighted by Gasteiger charge is -2.35. The summed E-state index contributed by atoms with van der Waals surface area (Å²) in [5, 5.41) is 3.23. The number of nitrogens with zero attached hydrogens (tertiary/aromatic N) is 3. The van der Waals surface area contributed by atoms with Crippen LogP contribution in [-0.4, -0.2) is 54.1 Å². The van der Waals surface area contributed by atoms with Crippen molar-refractivity contribution in [1.29, 1.82) is 0 Å². The quantitative estimate of drug-likeness (QED) is 0.864. The van der Waals surface area contributed by atoms with Gasteiger partial charge in [-0.15, -0.1) is 0 Å². The monoisotopic (exact) mass is 276 g/mol. The van der Waals surface area contributed by atoms with Crippen LogP contribution in [0, 0.1) is 5.92 Å². The Morgan fingerprint density at radius 3 is 2.40 bits per heavy atom. The second-order valence-corrected chi connectivity index (χ2v) is 6.05. The van der Waals surface area contributed by atoms with Gasteiger partial charge in [0.25, 0.3) is 0 Å². The summed E-state index contributed by atoms with van der Waals surface area (Å²) in [4.78, 5) is 9.55. The molecule has 0 amide bonds. The highest BCUT2D eigenvalue weighted by molar-refractivity contribution is 5.35. The molecule has 0 bridgehead atoms. The molecule has 0 aromatic carbocycles. The summed E-state index contributed by atoms with van der Waals surface area (Å²) in [5.74, 6) is 1.74. The number of hydrogen-bond acceptors (Lipinski definition) is 4. The van der Waals surface area contributed by atoms with Crippen molar-refractivity contribution in [1.82, 2.24) is 14.8 Å². The van der Waals surface area contributed by atoms with E-state index < -0.39 is 0 Å². The van der Waals surface area contributed by atoms with Gasteiger partial charge >= 0.3 is 0 Å². The van der Waals surface area contributed by atoms with Gasteiger partial charge in [-0.25, -0.2) is 4.98 Å². The second-order valence-electron chi connectivity index (χ2n) is 6.05. The van der Waals surface area contributed by atoms with Gasteiger partial charge in [0.2, 0.25) is 0 Å². The van der Waals surface area contributed by atoms with Crippen molar-refractivity contribution >= 4 is 5.82 Å². The van der Waals surface area contributed by atoms with Crippen LogP contribution in [0.25, 0.3) is 0 Å². The van der Waals surface area contributed by atoms with Crippen LogP contribution in [0.4, 0.5) is 5.82 Å². The van der Waals surface area contributed by atoms with Gasteiger partial charge in [-0.2, -0.15) is 0 Å². The normalized spacial score (nSPS) is 17.6. The van der Waals surface area contributed by atoms with Crippen molar-refractivity contribution < 1.29 is 0 Å². The zero-order chi connectivity index (χ0) is 14.4. The van der Waals surface area contributed by atoms with Crippen LogP contribution in [0.3, 0.4) is 0 Å². The molecular formula is C16H28N4. The van der Waals surface area contributed by atoms with E-state index in [0.29, 0.717) is 0 Å². The van der Waals surface area contributed by atoms with Gasteiger partial charge in [0.1, 0.15) is 5.82 Å². The summed E-state index contributed by atoms with van der Waals surface area (Å²) < 4.78 is 0. The fourth-order valence-electron chi connectivity index (χ4n) is 2.71. The molecule has 2 heterocycles. The molecule has 1 aliphatic rings. The Hall–Kier alpha value is -1.13. The maximum absolute atomic E-state index is 4.44. The first kappa shape index (κ1) is 15.3. The third-order valence-corrected chi connectivity index (χ3v) is 3.68. The molecule has 1 saturated heterocycles. The predicted octanol–water partition coefficient (Wildman–Crippen LogP) is 2.29. The van der Waals surface area contributed by atoms with Gasteiger partial charge in [-0.3, -0.25) is 4.90 Å². The van der Waals surface area contributed by atoms with Gasteiger partial charge in [0, 0.05) is 52.0 Å². The molecule has 0 saturated carbocycles. The van der Waals surface area contributed by atoms with E-state index >= 15 is 0 Å². The van der Waals surface area contributed by atoms with E-state index in [9.17, 15) is 0 Å².